The number of ether oxygens (including phenoxy) is 2. The first-order valence-corrected chi connectivity index (χ1v) is 30.4. The Morgan fingerprint density at radius 2 is 0.957 bits per heavy atom. The van der Waals surface area contributed by atoms with E-state index in [1.165, 1.54) is 186 Å². The molecule has 1 fully saturated rings. The summed E-state index contributed by atoms with van der Waals surface area (Å²) in [6.07, 6.45) is 37.6. The highest BCUT2D eigenvalue weighted by molar-refractivity contribution is 7.45. The Balaban J connectivity index is 2.51. The molecular weight excluding hydrogens is 896 g/mol. The van der Waals surface area contributed by atoms with Gasteiger partial charge in [0, 0.05) is 6.42 Å². The van der Waals surface area contributed by atoms with Gasteiger partial charge in [-0.3, -0.25) is 9.36 Å². The molecule has 0 saturated carbocycles. The Morgan fingerprint density at radius 3 is 1.35 bits per heavy atom. The normalized spacial score (nSPS) is 20.5. The van der Waals surface area contributed by atoms with Gasteiger partial charge in [0.2, 0.25) is 5.91 Å². The molecule has 1 aliphatic heterocycles. The molecular formula is C55H111N2O11P. The zero-order valence-electron chi connectivity index (χ0n) is 45.3. The summed E-state index contributed by atoms with van der Waals surface area (Å²) in [7, 11) is 0.897. The van der Waals surface area contributed by atoms with Crippen LogP contribution in [0.5, 0.6) is 0 Å². The molecule has 1 rings (SSSR count). The molecule has 0 aromatic rings. The smallest absolute Gasteiger partial charge is 0.268 e. The van der Waals surface area contributed by atoms with Crippen molar-refractivity contribution >= 4 is 13.7 Å². The Hall–Kier alpha value is -0.700. The number of carbonyl (C=O) groups is 1. The molecule has 0 aromatic heterocycles. The van der Waals surface area contributed by atoms with Gasteiger partial charge >= 0.3 is 0 Å². The first-order chi connectivity index (χ1) is 33.2. The number of hydrogen-bond acceptors (Lipinski definition) is 11. The third kappa shape index (κ3) is 38.5. The number of unbranched alkanes of at least 4 members (excludes halogenated alkanes) is 34. The number of amides is 1. The summed E-state index contributed by atoms with van der Waals surface area (Å²) in [4.78, 5) is 25.6. The number of aliphatic hydroxyl groups excluding tert-OH is 4. The summed E-state index contributed by atoms with van der Waals surface area (Å²) in [5.41, 5.74) is 0. The fourth-order valence-corrected chi connectivity index (χ4v) is 9.90. The van der Waals surface area contributed by atoms with E-state index in [4.69, 9.17) is 18.5 Å². The molecule has 69 heavy (non-hydrogen) atoms. The van der Waals surface area contributed by atoms with Crippen LogP contribution in [-0.4, -0.2) is 121 Å². The van der Waals surface area contributed by atoms with E-state index < -0.39 is 57.3 Å². The Morgan fingerprint density at radius 1 is 0.580 bits per heavy atom. The van der Waals surface area contributed by atoms with Crippen molar-refractivity contribution in [1.82, 2.24) is 5.32 Å². The van der Waals surface area contributed by atoms with Crippen LogP contribution >= 0.6 is 7.82 Å². The average molecular weight is 1010 g/mol. The summed E-state index contributed by atoms with van der Waals surface area (Å²) in [6.45, 7) is 3.91. The van der Waals surface area contributed by atoms with Gasteiger partial charge in [0.1, 0.15) is 37.6 Å². The van der Waals surface area contributed by atoms with Crippen molar-refractivity contribution < 1.29 is 57.7 Å². The summed E-state index contributed by atoms with van der Waals surface area (Å²) in [6, 6.07) is -0.815. The van der Waals surface area contributed by atoms with E-state index >= 15 is 0 Å². The minimum atomic E-state index is -4.77. The number of phosphoric acid groups is 1. The second-order valence-electron chi connectivity index (χ2n) is 21.7. The van der Waals surface area contributed by atoms with Gasteiger partial charge < -0.3 is 53.6 Å². The number of quaternary nitrogens is 1. The van der Waals surface area contributed by atoms with Crippen LogP contribution in [0.2, 0.25) is 0 Å². The molecule has 0 bridgehead atoms. The maximum absolute atomic E-state index is 13.2. The van der Waals surface area contributed by atoms with Gasteiger partial charge in [0.05, 0.1) is 46.5 Å². The summed E-state index contributed by atoms with van der Waals surface area (Å²) >= 11 is 0. The van der Waals surface area contributed by atoms with Gasteiger partial charge in [-0.05, 0) is 12.8 Å². The van der Waals surface area contributed by atoms with Gasteiger partial charge in [0.25, 0.3) is 7.82 Å². The molecule has 5 N–H and O–H groups in total. The van der Waals surface area contributed by atoms with Crippen molar-refractivity contribution in [2.75, 3.05) is 47.5 Å². The standard InChI is InChI=1S/C55H111N2O11P/c1-6-8-10-12-14-16-18-20-22-24-25-27-29-31-33-35-37-39-41-43-51(59)56-48(49(58)42-40-38-36-34-32-30-28-26-23-21-19-17-15-13-11-9-7-2)46-65-55-54(62)53(61)52(60)50(68-55)47-67-69(63,64)66-45-44-57(3,4)5/h48-50,52-55,58,60-62H,6-47H2,1-5H3,(H-,56,59,63,64)/t48-,49+,50+,52-,53-,54+,55+/m0/s1. The van der Waals surface area contributed by atoms with Crippen molar-refractivity contribution in [3.8, 4) is 0 Å². The minimum Gasteiger partial charge on any atom is -0.756 e. The molecule has 1 aliphatic rings. The largest absolute Gasteiger partial charge is 0.756 e. The summed E-state index contributed by atoms with van der Waals surface area (Å²) in [5, 5.41) is 46.4. The number of likely N-dealkylation sites (N-methyl/N-ethyl adjacent to an activating group) is 1. The van der Waals surface area contributed by atoms with Crippen molar-refractivity contribution in [1.29, 1.82) is 0 Å². The lowest BCUT2D eigenvalue weighted by Gasteiger charge is -2.41. The third-order valence-electron chi connectivity index (χ3n) is 13.9. The van der Waals surface area contributed by atoms with E-state index in [1.54, 1.807) is 0 Å². The molecule has 13 nitrogen and oxygen atoms in total. The zero-order valence-corrected chi connectivity index (χ0v) is 46.2. The molecule has 1 heterocycles. The van der Waals surface area contributed by atoms with Crippen LogP contribution in [0.1, 0.15) is 258 Å². The second kappa shape index (κ2) is 43.7. The molecule has 0 aliphatic carbocycles. The summed E-state index contributed by atoms with van der Waals surface area (Å²) in [5.74, 6) is -0.194. The van der Waals surface area contributed by atoms with Crippen LogP contribution < -0.4 is 10.2 Å². The molecule has 412 valence electrons. The Labute approximate surface area is 423 Å². The van der Waals surface area contributed by atoms with E-state index in [-0.39, 0.29) is 19.1 Å². The predicted molar refractivity (Wildman–Crippen MR) is 280 cm³/mol. The van der Waals surface area contributed by atoms with Crippen molar-refractivity contribution in [3.05, 3.63) is 0 Å². The van der Waals surface area contributed by atoms with E-state index in [0.29, 0.717) is 23.9 Å². The first-order valence-electron chi connectivity index (χ1n) is 28.9. The van der Waals surface area contributed by atoms with Crippen LogP contribution in [0.15, 0.2) is 0 Å². The Kier molecular flexibility index (Phi) is 42.0. The molecule has 0 radical (unpaired) electrons. The molecule has 0 aromatic carbocycles. The number of carbonyl (C=O) groups excluding carboxylic acids is 1. The van der Waals surface area contributed by atoms with E-state index in [0.717, 1.165) is 44.9 Å². The number of aliphatic hydroxyl groups is 4. The van der Waals surface area contributed by atoms with Crippen LogP contribution in [-0.2, 0) is 27.9 Å². The lowest BCUT2D eigenvalue weighted by atomic mass is 9.99. The maximum Gasteiger partial charge on any atom is 0.268 e. The highest BCUT2D eigenvalue weighted by Crippen LogP contribution is 2.39. The van der Waals surface area contributed by atoms with Crippen LogP contribution in [0.3, 0.4) is 0 Å². The number of rotatable bonds is 50. The van der Waals surface area contributed by atoms with Gasteiger partial charge in [-0.15, -0.1) is 0 Å². The van der Waals surface area contributed by atoms with Gasteiger partial charge in [-0.2, -0.15) is 0 Å². The number of nitrogens with zero attached hydrogens (tertiary/aromatic N) is 1. The van der Waals surface area contributed by atoms with E-state index in [1.807, 2.05) is 21.1 Å². The predicted octanol–water partition coefficient (Wildman–Crippen LogP) is 11.7. The minimum absolute atomic E-state index is 0.111. The lowest BCUT2D eigenvalue weighted by Crippen LogP contribution is -2.60. The van der Waals surface area contributed by atoms with E-state index in [9.17, 15) is 34.7 Å². The van der Waals surface area contributed by atoms with Gasteiger partial charge in [0.15, 0.2) is 6.29 Å². The van der Waals surface area contributed by atoms with E-state index in [2.05, 4.69) is 19.2 Å². The zero-order chi connectivity index (χ0) is 50.9. The molecule has 1 saturated heterocycles. The fraction of sp³-hybridized carbons (Fsp3) is 0.982. The number of nitrogens with one attached hydrogen (secondary N) is 1. The molecule has 1 unspecified atom stereocenters. The molecule has 1 amide bonds. The number of phosphoric ester groups is 1. The quantitative estimate of drug-likeness (QED) is 0.0222. The van der Waals surface area contributed by atoms with Crippen LogP contribution in [0.25, 0.3) is 0 Å². The van der Waals surface area contributed by atoms with Crippen molar-refractivity contribution in [2.24, 2.45) is 0 Å². The molecule has 14 heteroatoms. The summed E-state index contributed by atoms with van der Waals surface area (Å²) < 4.78 is 34.4. The molecule has 8 atom stereocenters. The van der Waals surface area contributed by atoms with Crippen molar-refractivity contribution in [3.63, 3.8) is 0 Å². The highest BCUT2D eigenvalue weighted by Gasteiger charge is 2.45. The first kappa shape index (κ1) is 66.3. The fourth-order valence-electron chi connectivity index (χ4n) is 9.19. The van der Waals surface area contributed by atoms with Gasteiger partial charge in [-0.25, -0.2) is 0 Å². The third-order valence-corrected chi connectivity index (χ3v) is 14.9. The SMILES string of the molecule is CCCCCCCCCCCCCCCCCCCCCC(=O)N[C@@H](CO[C@@H]1O[C@H](COP(=O)([O-])OCC[N+](C)(C)C)[C@H](O)[C@H](O)[C@H]1O)[C@H](O)CCCCCCCCCCCCCCCCCCC. The monoisotopic (exact) mass is 1010 g/mol. The second-order valence-corrected chi connectivity index (χ2v) is 23.1. The van der Waals surface area contributed by atoms with Gasteiger partial charge in [-0.1, -0.05) is 239 Å². The topological polar surface area (TPSA) is 187 Å². The maximum atomic E-state index is 13.2. The lowest BCUT2D eigenvalue weighted by molar-refractivity contribution is -0.870. The molecule has 0 spiro atoms. The number of hydrogen-bond donors (Lipinski definition) is 5. The van der Waals surface area contributed by atoms with Crippen LogP contribution in [0.4, 0.5) is 0 Å². The van der Waals surface area contributed by atoms with Crippen LogP contribution in [0, 0.1) is 0 Å². The van der Waals surface area contributed by atoms with Crippen molar-refractivity contribution in [2.45, 2.75) is 301 Å². The highest BCUT2D eigenvalue weighted by atomic mass is 31.2. The Bertz CT molecular complexity index is 1210. The average Bonchev–Trinajstić information content (AvgIpc) is 3.30.